The largest absolute Gasteiger partial charge is 0.274 e. The molecule has 0 aliphatic carbocycles. The van der Waals surface area contributed by atoms with Crippen molar-refractivity contribution in [2.24, 2.45) is 7.05 Å². The van der Waals surface area contributed by atoms with E-state index in [1.54, 1.807) is 7.05 Å². The molecule has 1 heterocycles. The van der Waals surface area contributed by atoms with E-state index < -0.39 is 10.0 Å². The highest BCUT2D eigenvalue weighted by Crippen LogP contribution is 2.26. The van der Waals surface area contributed by atoms with E-state index in [-0.39, 0.29) is 10.9 Å². The monoisotopic (exact) mass is 341 g/mol. The van der Waals surface area contributed by atoms with Gasteiger partial charge in [0.15, 0.2) is 0 Å². The van der Waals surface area contributed by atoms with Crippen molar-refractivity contribution in [3.8, 4) is 11.3 Å². The summed E-state index contributed by atoms with van der Waals surface area (Å²) in [6, 6.07) is 18.4. The van der Waals surface area contributed by atoms with Crippen molar-refractivity contribution in [1.29, 1.82) is 0 Å². The SMILES string of the molecule is CC(NS(=O)(=O)c1cn(C)nc1-c1ccccc1)c1ccccc1. The predicted molar refractivity (Wildman–Crippen MR) is 93.8 cm³/mol. The molecule has 3 rings (SSSR count). The summed E-state index contributed by atoms with van der Waals surface area (Å²) in [7, 11) is -1.98. The first-order chi connectivity index (χ1) is 11.5. The molecule has 1 N–H and O–H groups in total. The van der Waals surface area contributed by atoms with Crippen LogP contribution >= 0.6 is 0 Å². The number of sulfonamides is 1. The van der Waals surface area contributed by atoms with Crippen LogP contribution in [0.15, 0.2) is 71.8 Å². The number of hydrogen-bond acceptors (Lipinski definition) is 3. The van der Waals surface area contributed by atoms with E-state index in [1.165, 1.54) is 10.9 Å². The molecular formula is C18H19N3O2S. The van der Waals surface area contributed by atoms with E-state index in [2.05, 4.69) is 9.82 Å². The molecule has 124 valence electrons. The van der Waals surface area contributed by atoms with Gasteiger partial charge >= 0.3 is 0 Å². The predicted octanol–water partition coefficient (Wildman–Crippen LogP) is 3.13. The van der Waals surface area contributed by atoms with E-state index in [9.17, 15) is 8.42 Å². The summed E-state index contributed by atoms with van der Waals surface area (Å²) in [6.45, 7) is 1.82. The summed E-state index contributed by atoms with van der Waals surface area (Å²) < 4.78 is 30.0. The Kier molecular flexibility index (Phi) is 4.51. The molecular weight excluding hydrogens is 322 g/mol. The Balaban J connectivity index is 1.96. The summed E-state index contributed by atoms with van der Waals surface area (Å²) in [5.41, 5.74) is 2.13. The van der Waals surface area contributed by atoms with Crippen LogP contribution in [-0.2, 0) is 17.1 Å². The van der Waals surface area contributed by atoms with Gasteiger partial charge in [-0.15, -0.1) is 0 Å². The van der Waals surface area contributed by atoms with Crippen molar-refractivity contribution in [2.75, 3.05) is 0 Å². The third-order valence-corrected chi connectivity index (χ3v) is 5.31. The first-order valence-corrected chi connectivity index (χ1v) is 9.12. The fraction of sp³-hybridized carbons (Fsp3) is 0.167. The van der Waals surface area contributed by atoms with Gasteiger partial charge in [0, 0.05) is 24.8 Å². The lowest BCUT2D eigenvalue weighted by Gasteiger charge is -2.14. The second-order valence-electron chi connectivity index (χ2n) is 5.64. The average Bonchev–Trinajstić information content (AvgIpc) is 2.99. The molecule has 0 amide bonds. The maximum Gasteiger partial charge on any atom is 0.244 e. The molecule has 1 unspecified atom stereocenters. The lowest BCUT2D eigenvalue weighted by molar-refractivity contribution is 0.567. The van der Waals surface area contributed by atoms with Crippen molar-refractivity contribution < 1.29 is 8.42 Å². The van der Waals surface area contributed by atoms with Crippen LogP contribution in [0, 0.1) is 0 Å². The topological polar surface area (TPSA) is 64.0 Å². The van der Waals surface area contributed by atoms with Crippen molar-refractivity contribution in [3.05, 3.63) is 72.4 Å². The Bertz CT molecular complexity index is 919. The number of aryl methyl sites for hydroxylation is 1. The molecule has 0 radical (unpaired) electrons. The molecule has 0 saturated heterocycles. The second kappa shape index (κ2) is 6.59. The van der Waals surface area contributed by atoms with Crippen LogP contribution in [0.5, 0.6) is 0 Å². The van der Waals surface area contributed by atoms with Crippen molar-refractivity contribution >= 4 is 10.0 Å². The van der Waals surface area contributed by atoms with Crippen molar-refractivity contribution in [3.63, 3.8) is 0 Å². The van der Waals surface area contributed by atoms with Crippen LogP contribution in [0.3, 0.4) is 0 Å². The first kappa shape index (κ1) is 16.4. The summed E-state index contributed by atoms with van der Waals surface area (Å²) in [6.07, 6.45) is 1.53. The van der Waals surface area contributed by atoms with Crippen molar-refractivity contribution in [2.45, 2.75) is 17.9 Å². The molecule has 0 fully saturated rings. The minimum absolute atomic E-state index is 0.180. The van der Waals surface area contributed by atoms with Gasteiger partial charge in [0.25, 0.3) is 0 Å². The molecule has 0 aliphatic rings. The van der Waals surface area contributed by atoms with Gasteiger partial charge < -0.3 is 0 Å². The van der Waals surface area contributed by atoms with E-state index in [0.29, 0.717) is 5.69 Å². The van der Waals surface area contributed by atoms with Gasteiger partial charge in [0.2, 0.25) is 10.0 Å². The number of benzene rings is 2. The highest BCUT2D eigenvalue weighted by molar-refractivity contribution is 7.89. The third kappa shape index (κ3) is 3.39. The summed E-state index contributed by atoms with van der Waals surface area (Å²) in [4.78, 5) is 0.180. The van der Waals surface area contributed by atoms with Crippen LogP contribution in [0.4, 0.5) is 0 Å². The Morgan fingerprint density at radius 1 is 1.00 bits per heavy atom. The van der Waals surface area contributed by atoms with Gasteiger partial charge in [-0.25, -0.2) is 13.1 Å². The zero-order valence-electron chi connectivity index (χ0n) is 13.5. The van der Waals surface area contributed by atoms with Crippen LogP contribution in [0.2, 0.25) is 0 Å². The van der Waals surface area contributed by atoms with E-state index in [4.69, 9.17) is 0 Å². The van der Waals surface area contributed by atoms with Gasteiger partial charge in [-0.05, 0) is 12.5 Å². The maximum atomic E-state index is 12.9. The molecule has 0 bridgehead atoms. The van der Waals surface area contributed by atoms with Crippen molar-refractivity contribution in [1.82, 2.24) is 14.5 Å². The standard InChI is InChI=1S/C18H19N3O2S/c1-14(15-9-5-3-6-10-15)20-24(22,23)17-13-21(2)19-18(17)16-11-7-4-8-12-16/h3-14,20H,1-2H3. The van der Waals surface area contributed by atoms with Gasteiger partial charge in [-0.3, -0.25) is 4.68 Å². The Morgan fingerprint density at radius 3 is 2.21 bits per heavy atom. The zero-order valence-corrected chi connectivity index (χ0v) is 14.4. The molecule has 1 aromatic heterocycles. The number of aromatic nitrogens is 2. The summed E-state index contributed by atoms with van der Waals surface area (Å²) in [5.74, 6) is 0. The summed E-state index contributed by atoms with van der Waals surface area (Å²) in [5, 5.41) is 4.32. The summed E-state index contributed by atoms with van der Waals surface area (Å²) >= 11 is 0. The maximum absolute atomic E-state index is 12.9. The number of rotatable bonds is 5. The van der Waals surface area contributed by atoms with E-state index >= 15 is 0 Å². The third-order valence-electron chi connectivity index (χ3n) is 3.76. The van der Waals surface area contributed by atoms with Crippen LogP contribution < -0.4 is 4.72 Å². The number of hydrogen-bond donors (Lipinski definition) is 1. The van der Waals surface area contributed by atoms with Gasteiger partial charge in [0.05, 0.1) is 0 Å². The van der Waals surface area contributed by atoms with Crippen LogP contribution in [-0.4, -0.2) is 18.2 Å². The van der Waals surface area contributed by atoms with Gasteiger partial charge in [0.1, 0.15) is 10.6 Å². The smallest absolute Gasteiger partial charge is 0.244 e. The highest BCUT2D eigenvalue weighted by atomic mass is 32.2. The zero-order chi connectivity index (χ0) is 17.2. The molecule has 3 aromatic rings. The molecule has 24 heavy (non-hydrogen) atoms. The fourth-order valence-electron chi connectivity index (χ4n) is 2.57. The fourth-order valence-corrected chi connectivity index (χ4v) is 4.00. The molecule has 0 spiro atoms. The van der Waals surface area contributed by atoms with Gasteiger partial charge in [-0.2, -0.15) is 5.10 Å². The quantitative estimate of drug-likeness (QED) is 0.775. The number of nitrogens with one attached hydrogen (secondary N) is 1. The normalized spacial score (nSPS) is 12.9. The Labute approximate surface area is 142 Å². The molecule has 0 saturated carbocycles. The molecule has 6 heteroatoms. The Hall–Kier alpha value is -2.44. The lowest BCUT2D eigenvalue weighted by atomic mass is 10.1. The van der Waals surface area contributed by atoms with Crippen LogP contribution in [0.1, 0.15) is 18.5 Å². The van der Waals surface area contributed by atoms with Gasteiger partial charge in [-0.1, -0.05) is 60.7 Å². The first-order valence-electron chi connectivity index (χ1n) is 7.64. The molecule has 5 nitrogen and oxygen atoms in total. The van der Waals surface area contributed by atoms with E-state index in [0.717, 1.165) is 11.1 Å². The second-order valence-corrected chi connectivity index (χ2v) is 7.32. The molecule has 1 atom stereocenters. The lowest BCUT2D eigenvalue weighted by Crippen LogP contribution is -2.27. The number of nitrogens with zero attached hydrogens (tertiary/aromatic N) is 2. The minimum atomic E-state index is -3.70. The Morgan fingerprint density at radius 2 is 1.58 bits per heavy atom. The molecule has 2 aromatic carbocycles. The molecule has 0 aliphatic heterocycles. The average molecular weight is 341 g/mol. The highest BCUT2D eigenvalue weighted by Gasteiger charge is 2.25. The van der Waals surface area contributed by atoms with Crippen LogP contribution in [0.25, 0.3) is 11.3 Å². The van der Waals surface area contributed by atoms with E-state index in [1.807, 2.05) is 67.6 Å². The minimum Gasteiger partial charge on any atom is -0.274 e.